The fourth-order valence-corrected chi connectivity index (χ4v) is 4.09. The highest BCUT2D eigenvalue weighted by molar-refractivity contribution is 6.08. The lowest BCUT2D eigenvalue weighted by molar-refractivity contribution is -0.384. The van der Waals surface area contributed by atoms with Gasteiger partial charge in [-0.25, -0.2) is 0 Å². The van der Waals surface area contributed by atoms with Gasteiger partial charge in [0.25, 0.3) is 11.6 Å². The third-order valence-electron chi connectivity index (χ3n) is 5.89. The molecule has 2 aliphatic heterocycles. The van der Waals surface area contributed by atoms with Gasteiger partial charge in [-0.2, -0.15) is 0 Å². The number of amides is 1. The van der Waals surface area contributed by atoms with Crippen molar-refractivity contribution in [2.45, 2.75) is 19.4 Å². The first-order valence-corrected chi connectivity index (χ1v) is 10.3. The molecule has 1 N–H and O–H groups in total. The molecular formula is C22H27N5O3. The Bertz CT molecular complexity index is 956. The van der Waals surface area contributed by atoms with Gasteiger partial charge >= 0.3 is 0 Å². The van der Waals surface area contributed by atoms with E-state index in [0.717, 1.165) is 30.9 Å². The van der Waals surface area contributed by atoms with Crippen LogP contribution < -0.4 is 15.1 Å². The van der Waals surface area contributed by atoms with Crippen molar-refractivity contribution in [3.05, 3.63) is 58.1 Å². The van der Waals surface area contributed by atoms with Crippen LogP contribution in [0.25, 0.3) is 0 Å². The number of nitro benzene ring substituents is 1. The van der Waals surface area contributed by atoms with Crippen LogP contribution in [0.1, 0.15) is 23.7 Å². The van der Waals surface area contributed by atoms with Gasteiger partial charge in [-0.05, 0) is 44.7 Å². The van der Waals surface area contributed by atoms with Crippen molar-refractivity contribution >= 4 is 28.7 Å². The summed E-state index contributed by atoms with van der Waals surface area (Å²) < 4.78 is 0. The van der Waals surface area contributed by atoms with Crippen LogP contribution in [0.3, 0.4) is 0 Å². The van der Waals surface area contributed by atoms with E-state index < -0.39 is 0 Å². The number of nitrogens with one attached hydrogen (secondary N) is 1. The average Bonchev–Trinajstić information content (AvgIpc) is 2.91. The molecule has 2 aromatic rings. The molecule has 1 amide bonds. The summed E-state index contributed by atoms with van der Waals surface area (Å²) in [7, 11) is 2.04. The molecule has 0 spiro atoms. The van der Waals surface area contributed by atoms with Crippen LogP contribution in [-0.2, 0) is 0 Å². The molecule has 2 aromatic carbocycles. The van der Waals surface area contributed by atoms with Gasteiger partial charge in [-0.1, -0.05) is 12.1 Å². The predicted molar refractivity (Wildman–Crippen MR) is 119 cm³/mol. The van der Waals surface area contributed by atoms with E-state index in [1.54, 1.807) is 17.0 Å². The Morgan fingerprint density at radius 1 is 1.07 bits per heavy atom. The maximum atomic E-state index is 13.5. The van der Waals surface area contributed by atoms with E-state index in [1.807, 2.05) is 36.2 Å². The number of likely N-dealkylation sites (N-methyl/N-ethyl adjacent to an activating group) is 1. The normalized spacial score (nSPS) is 19.6. The van der Waals surface area contributed by atoms with Crippen LogP contribution in [0.2, 0.25) is 0 Å². The van der Waals surface area contributed by atoms with Gasteiger partial charge < -0.3 is 20.0 Å². The molecule has 0 saturated carbocycles. The number of anilines is 3. The SMILES string of the molecule is C[C@H]1CCN(C(=O)c2ccc([N+](=O)[O-])c(N3CCN(C)CC3)c2)c2ccccc2N1. The molecule has 2 heterocycles. The van der Waals surface area contributed by atoms with E-state index in [4.69, 9.17) is 0 Å². The molecule has 0 radical (unpaired) electrons. The maximum absolute atomic E-state index is 13.5. The second-order valence-electron chi connectivity index (χ2n) is 8.06. The van der Waals surface area contributed by atoms with Crippen molar-refractivity contribution in [3.8, 4) is 0 Å². The summed E-state index contributed by atoms with van der Waals surface area (Å²) in [4.78, 5) is 30.7. The molecule has 1 atom stereocenters. The van der Waals surface area contributed by atoms with E-state index >= 15 is 0 Å². The molecule has 0 unspecified atom stereocenters. The molecule has 1 fully saturated rings. The minimum atomic E-state index is -0.366. The Morgan fingerprint density at radius 2 is 1.80 bits per heavy atom. The van der Waals surface area contributed by atoms with E-state index in [2.05, 4.69) is 17.1 Å². The van der Waals surface area contributed by atoms with Crippen molar-refractivity contribution in [1.82, 2.24) is 4.90 Å². The highest BCUT2D eigenvalue weighted by Crippen LogP contribution is 2.34. The number of nitrogens with zero attached hydrogens (tertiary/aromatic N) is 4. The molecule has 8 heteroatoms. The van der Waals surface area contributed by atoms with Gasteiger partial charge in [0.15, 0.2) is 0 Å². The monoisotopic (exact) mass is 409 g/mol. The lowest BCUT2D eigenvalue weighted by atomic mass is 10.1. The predicted octanol–water partition coefficient (Wildman–Crippen LogP) is 3.20. The van der Waals surface area contributed by atoms with Crippen molar-refractivity contribution in [3.63, 3.8) is 0 Å². The summed E-state index contributed by atoms with van der Waals surface area (Å²) in [6, 6.07) is 12.8. The minimum absolute atomic E-state index is 0.0441. The van der Waals surface area contributed by atoms with Crippen LogP contribution in [0.4, 0.5) is 22.7 Å². The van der Waals surface area contributed by atoms with E-state index in [0.29, 0.717) is 30.9 Å². The molecule has 0 aliphatic carbocycles. The number of para-hydroxylation sites is 2. The zero-order valence-corrected chi connectivity index (χ0v) is 17.4. The van der Waals surface area contributed by atoms with Crippen LogP contribution in [0.15, 0.2) is 42.5 Å². The fourth-order valence-electron chi connectivity index (χ4n) is 4.09. The number of fused-ring (bicyclic) bond motifs is 1. The highest BCUT2D eigenvalue weighted by atomic mass is 16.6. The lowest BCUT2D eigenvalue weighted by Gasteiger charge is -2.34. The lowest BCUT2D eigenvalue weighted by Crippen LogP contribution is -2.44. The van der Waals surface area contributed by atoms with Crippen LogP contribution in [0.5, 0.6) is 0 Å². The van der Waals surface area contributed by atoms with Gasteiger partial charge in [0.05, 0.1) is 16.3 Å². The molecule has 0 aromatic heterocycles. The second-order valence-corrected chi connectivity index (χ2v) is 8.06. The van der Waals surface area contributed by atoms with Gasteiger partial charge in [-0.3, -0.25) is 14.9 Å². The zero-order chi connectivity index (χ0) is 21.3. The number of rotatable bonds is 3. The van der Waals surface area contributed by atoms with E-state index in [1.165, 1.54) is 6.07 Å². The molecular weight excluding hydrogens is 382 g/mol. The highest BCUT2D eigenvalue weighted by Gasteiger charge is 2.28. The molecule has 158 valence electrons. The Balaban J connectivity index is 1.69. The third kappa shape index (κ3) is 3.95. The van der Waals surface area contributed by atoms with Crippen LogP contribution >= 0.6 is 0 Å². The number of hydrogen-bond donors (Lipinski definition) is 1. The number of hydrogen-bond acceptors (Lipinski definition) is 6. The quantitative estimate of drug-likeness (QED) is 0.619. The summed E-state index contributed by atoms with van der Waals surface area (Å²) in [5.41, 5.74) is 2.80. The fraction of sp³-hybridized carbons (Fsp3) is 0.409. The molecule has 0 bridgehead atoms. The Kier molecular flexibility index (Phi) is 5.59. The standard InChI is InChI=1S/C22H27N5O3/c1-16-9-10-26(19-6-4-3-5-18(19)23-16)22(28)17-7-8-20(27(29)30)21(15-17)25-13-11-24(2)12-14-25/h3-8,15-16,23H,9-14H2,1-2H3/t16-/m0/s1. The van der Waals surface area contributed by atoms with Gasteiger partial charge in [0, 0.05) is 50.4 Å². The van der Waals surface area contributed by atoms with Crippen LogP contribution in [0, 0.1) is 10.1 Å². The first kappa shape index (κ1) is 20.2. The number of carbonyl (C=O) groups excluding carboxylic acids is 1. The Labute approximate surface area is 176 Å². The minimum Gasteiger partial charge on any atom is -0.381 e. The topological polar surface area (TPSA) is 82.0 Å². The first-order chi connectivity index (χ1) is 14.4. The summed E-state index contributed by atoms with van der Waals surface area (Å²) in [5, 5.41) is 15.1. The Morgan fingerprint density at radius 3 is 2.53 bits per heavy atom. The van der Waals surface area contributed by atoms with Gasteiger partial charge in [-0.15, -0.1) is 0 Å². The second kappa shape index (κ2) is 8.31. The molecule has 1 saturated heterocycles. The molecule has 2 aliphatic rings. The van der Waals surface area contributed by atoms with Gasteiger partial charge in [0.2, 0.25) is 0 Å². The average molecular weight is 409 g/mol. The first-order valence-electron chi connectivity index (χ1n) is 10.3. The number of piperazine rings is 1. The van der Waals surface area contributed by atoms with E-state index in [-0.39, 0.29) is 22.6 Å². The summed E-state index contributed by atoms with van der Waals surface area (Å²) in [6.07, 6.45) is 0.818. The molecule has 4 rings (SSSR count). The van der Waals surface area contributed by atoms with Crippen LogP contribution in [-0.4, -0.2) is 61.5 Å². The maximum Gasteiger partial charge on any atom is 0.292 e. The van der Waals surface area contributed by atoms with Crippen molar-refractivity contribution in [1.29, 1.82) is 0 Å². The summed E-state index contributed by atoms with van der Waals surface area (Å²) in [5.74, 6) is -0.136. The number of benzene rings is 2. The van der Waals surface area contributed by atoms with Crippen molar-refractivity contribution < 1.29 is 9.72 Å². The molecule has 30 heavy (non-hydrogen) atoms. The zero-order valence-electron chi connectivity index (χ0n) is 17.4. The summed E-state index contributed by atoms with van der Waals surface area (Å²) in [6.45, 7) is 5.75. The van der Waals surface area contributed by atoms with E-state index in [9.17, 15) is 14.9 Å². The largest absolute Gasteiger partial charge is 0.381 e. The summed E-state index contributed by atoms with van der Waals surface area (Å²) >= 11 is 0. The number of carbonyl (C=O) groups is 1. The third-order valence-corrected chi connectivity index (χ3v) is 5.89. The smallest absolute Gasteiger partial charge is 0.292 e. The van der Waals surface area contributed by atoms with Gasteiger partial charge in [0.1, 0.15) is 5.69 Å². The molecule has 8 nitrogen and oxygen atoms in total. The number of nitro groups is 1. The van der Waals surface area contributed by atoms with Crippen molar-refractivity contribution in [2.24, 2.45) is 0 Å². The van der Waals surface area contributed by atoms with Crippen molar-refractivity contribution in [2.75, 3.05) is 54.9 Å². The Hall–Kier alpha value is -3.13.